The highest BCUT2D eigenvalue weighted by atomic mass is 35.5. The van der Waals surface area contributed by atoms with E-state index in [-0.39, 0.29) is 30.3 Å². The molecule has 124 valence electrons. The number of rotatable bonds is 5. The summed E-state index contributed by atoms with van der Waals surface area (Å²) in [6.45, 7) is 8.34. The van der Waals surface area contributed by atoms with Gasteiger partial charge in [-0.25, -0.2) is 0 Å². The Kier molecular flexibility index (Phi) is 7.79. The zero-order valence-electron chi connectivity index (χ0n) is 13.4. The van der Waals surface area contributed by atoms with Crippen LogP contribution < -0.4 is 5.73 Å². The van der Waals surface area contributed by atoms with Gasteiger partial charge in [-0.05, 0) is 17.5 Å². The highest BCUT2D eigenvalue weighted by Gasteiger charge is 2.27. The molecule has 2 rings (SSSR count). The lowest BCUT2D eigenvalue weighted by Gasteiger charge is -2.36. The maximum absolute atomic E-state index is 12.3. The van der Waals surface area contributed by atoms with Crippen LogP contribution >= 0.6 is 12.4 Å². The molecule has 0 bridgehead atoms. The van der Waals surface area contributed by atoms with E-state index in [4.69, 9.17) is 5.73 Å². The zero-order chi connectivity index (χ0) is 15.2. The van der Waals surface area contributed by atoms with Crippen LogP contribution in [0.5, 0.6) is 0 Å². The number of halogens is 1. The van der Waals surface area contributed by atoms with E-state index in [1.807, 2.05) is 24.1 Å². The Morgan fingerprint density at radius 1 is 1.36 bits per heavy atom. The van der Waals surface area contributed by atoms with E-state index in [2.05, 4.69) is 22.9 Å². The fourth-order valence-corrected chi connectivity index (χ4v) is 2.58. The van der Waals surface area contributed by atoms with Gasteiger partial charge in [0.25, 0.3) is 0 Å². The molecule has 0 saturated carbocycles. The number of carbonyl (C=O) groups excluding carboxylic acids is 1. The van der Waals surface area contributed by atoms with Gasteiger partial charge >= 0.3 is 0 Å². The van der Waals surface area contributed by atoms with Gasteiger partial charge in [0.15, 0.2) is 0 Å². The third kappa shape index (κ3) is 4.93. The third-order valence-electron chi connectivity index (χ3n) is 4.36. The second kappa shape index (κ2) is 9.08. The number of hydrogen-bond donors (Lipinski definition) is 1. The minimum absolute atomic E-state index is 0. The van der Waals surface area contributed by atoms with Gasteiger partial charge in [0.1, 0.15) is 0 Å². The fraction of sp³-hybridized carbons (Fsp3) is 0.625. The van der Waals surface area contributed by atoms with E-state index in [9.17, 15) is 4.79 Å². The first-order chi connectivity index (χ1) is 10.1. The third-order valence-corrected chi connectivity index (χ3v) is 4.36. The average molecular weight is 327 g/mol. The second-order valence-corrected chi connectivity index (χ2v) is 5.87. The minimum atomic E-state index is -0.361. The minimum Gasteiger partial charge on any atom is -0.339 e. The van der Waals surface area contributed by atoms with Crippen molar-refractivity contribution in [2.75, 3.05) is 26.2 Å². The molecular formula is C16H27ClN4O. The van der Waals surface area contributed by atoms with Crippen molar-refractivity contribution in [3.63, 3.8) is 0 Å². The van der Waals surface area contributed by atoms with Crippen molar-refractivity contribution in [2.45, 2.75) is 32.9 Å². The van der Waals surface area contributed by atoms with E-state index in [0.717, 1.165) is 39.1 Å². The van der Waals surface area contributed by atoms with E-state index in [1.165, 1.54) is 5.56 Å². The lowest BCUT2D eigenvalue weighted by atomic mass is 9.98. The summed E-state index contributed by atoms with van der Waals surface area (Å²) in [6, 6.07) is 3.68. The number of piperazine rings is 1. The quantitative estimate of drug-likeness (QED) is 0.891. The van der Waals surface area contributed by atoms with Gasteiger partial charge in [-0.3, -0.25) is 14.7 Å². The van der Waals surface area contributed by atoms with Gasteiger partial charge in [0.2, 0.25) is 5.91 Å². The Bertz CT molecular complexity index is 449. The SMILES string of the molecule is CCC(C)C(N)C(=O)N1CCN(Cc2cccnc2)CC1.Cl. The maximum Gasteiger partial charge on any atom is 0.239 e. The van der Waals surface area contributed by atoms with Gasteiger partial charge in [-0.2, -0.15) is 0 Å². The van der Waals surface area contributed by atoms with Crippen LogP contribution in [-0.2, 0) is 11.3 Å². The Morgan fingerprint density at radius 2 is 2.05 bits per heavy atom. The molecule has 6 heteroatoms. The molecule has 0 aromatic carbocycles. The highest BCUT2D eigenvalue weighted by molar-refractivity contribution is 5.85. The average Bonchev–Trinajstić information content (AvgIpc) is 2.54. The fourth-order valence-electron chi connectivity index (χ4n) is 2.58. The van der Waals surface area contributed by atoms with Crippen molar-refractivity contribution in [3.8, 4) is 0 Å². The smallest absolute Gasteiger partial charge is 0.239 e. The first-order valence-electron chi connectivity index (χ1n) is 7.77. The molecule has 1 amide bonds. The molecule has 0 aliphatic carbocycles. The van der Waals surface area contributed by atoms with Crippen molar-refractivity contribution in [2.24, 2.45) is 11.7 Å². The normalized spacial score (nSPS) is 18.4. The van der Waals surface area contributed by atoms with Crippen molar-refractivity contribution >= 4 is 18.3 Å². The summed E-state index contributed by atoms with van der Waals surface area (Å²) in [5.74, 6) is 0.344. The van der Waals surface area contributed by atoms with Crippen molar-refractivity contribution in [3.05, 3.63) is 30.1 Å². The predicted molar refractivity (Wildman–Crippen MR) is 90.8 cm³/mol. The van der Waals surface area contributed by atoms with Crippen LogP contribution in [0.15, 0.2) is 24.5 Å². The standard InChI is InChI=1S/C16H26N4O.ClH/c1-3-13(2)15(17)16(21)20-9-7-19(8-10-20)12-14-5-4-6-18-11-14;/h4-6,11,13,15H,3,7-10,12,17H2,1-2H3;1H. The molecule has 1 aliphatic heterocycles. The number of carbonyl (C=O) groups is 1. The second-order valence-electron chi connectivity index (χ2n) is 5.87. The van der Waals surface area contributed by atoms with Gasteiger partial charge < -0.3 is 10.6 Å². The zero-order valence-corrected chi connectivity index (χ0v) is 14.3. The Balaban J connectivity index is 0.00000242. The number of aromatic nitrogens is 1. The Hall–Kier alpha value is -1.17. The van der Waals surface area contributed by atoms with Crippen molar-refractivity contribution in [1.82, 2.24) is 14.8 Å². The summed E-state index contributed by atoms with van der Waals surface area (Å²) in [5, 5.41) is 0. The molecular weight excluding hydrogens is 300 g/mol. The molecule has 1 saturated heterocycles. The highest BCUT2D eigenvalue weighted by Crippen LogP contribution is 2.12. The van der Waals surface area contributed by atoms with E-state index in [1.54, 1.807) is 6.20 Å². The van der Waals surface area contributed by atoms with Crippen LogP contribution in [0.3, 0.4) is 0 Å². The number of hydrogen-bond acceptors (Lipinski definition) is 4. The molecule has 1 aliphatic rings. The summed E-state index contributed by atoms with van der Waals surface area (Å²) in [6.07, 6.45) is 4.63. The number of nitrogens with two attached hydrogens (primary N) is 1. The Labute approximate surface area is 139 Å². The van der Waals surface area contributed by atoms with Crippen LogP contribution in [0.2, 0.25) is 0 Å². The summed E-state index contributed by atoms with van der Waals surface area (Å²) in [4.78, 5) is 20.7. The largest absolute Gasteiger partial charge is 0.339 e. The lowest BCUT2D eigenvalue weighted by molar-refractivity contribution is -0.135. The van der Waals surface area contributed by atoms with Crippen LogP contribution in [0.25, 0.3) is 0 Å². The van der Waals surface area contributed by atoms with Crippen LogP contribution in [0.1, 0.15) is 25.8 Å². The van der Waals surface area contributed by atoms with E-state index >= 15 is 0 Å². The molecule has 1 fully saturated rings. The summed E-state index contributed by atoms with van der Waals surface area (Å²) < 4.78 is 0. The predicted octanol–water partition coefficient (Wildman–Crippen LogP) is 1.52. The molecule has 22 heavy (non-hydrogen) atoms. The van der Waals surface area contributed by atoms with E-state index < -0.39 is 0 Å². The van der Waals surface area contributed by atoms with Crippen molar-refractivity contribution in [1.29, 1.82) is 0 Å². The van der Waals surface area contributed by atoms with Crippen LogP contribution in [0, 0.1) is 5.92 Å². The molecule has 5 nitrogen and oxygen atoms in total. The number of nitrogens with zero attached hydrogens (tertiary/aromatic N) is 3. The molecule has 2 unspecified atom stereocenters. The number of amides is 1. The molecule has 2 heterocycles. The first kappa shape index (κ1) is 18.9. The Morgan fingerprint density at radius 3 is 2.59 bits per heavy atom. The topological polar surface area (TPSA) is 62.5 Å². The van der Waals surface area contributed by atoms with Gasteiger partial charge in [0.05, 0.1) is 6.04 Å². The lowest BCUT2D eigenvalue weighted by Crippen LogP contribution is -2.54. The first-order valence-corrected chi connectivity index (χ1v) is 7.77. The van der Waals surface area contributed by atoms with Crippen molar-refractivity contribution < 1.29 is 4.79 Å². The molecule has 1 aromatic heterocycles. The number of pyridine rings is 1. The molecule has 0 spiro atoms. The molecule has 2 N–H and O–H groups in total. The van der Waals surface area contributed by atoms with Crippen LogP contribution in [0.4, 0.5) is 0 Å². The monoisotopic (exact) mass is 326 g/mol. The van der Waals surface area contributed by atoms with Crippen LogP contribution in [-0.4, -0.2) is 52.9 Å². The summed E-state index contributed by atoms with van der Waals surface area (Å²) in [5.41, 5.74) is 7.26. The molecule has 2 atom stereocenters. The van der Waals surface area contributed by atoms with Gasteiger partial charge in [0, 0.05) is 45.1 Å². The van der Waals surface area contributed by atoms with E-state index in [0.29, 0.717) is 0 Å². The maximum atomic E-state index is 12.3. The summed E-state index contributed by atoms with van der Waals surface area (Å²) >= 11 is 0. The molecule has 1 aromatic rings. The molecule has 0 radical (unpaired) electrons. The van der Waals surface area contributed by atoms with Gasteiger partial charge in [-0.1, -0.05) is 26.3 Å². The van der Waals surface area contributed by atoms with Gasteiger partial charge in [-0.15, -0.1) is 12.4 Å². The summed E-state index contributed by atoms with van der Waals surface area (Å²) in [7, 11) is 0.